The summed E-state index contributed by atoms with van der Waals surface area (Å²) in [4.78, 5) is -0.469. The van der Waals surface area contributed by atoms with Crippen molar-refractivity contribution in [3.8, 4) is 5.75 Å². The first-order valence-electron chi connectivity index (χ1n) is 8.28. The lowest BCUT2D eigenvalue weighted by molar-refractivity contribution is -0.137. The van der Waals surface area contributed by atoms with Gasteiger partial charge in [-0.25, -0.2) is 8.42 Å². The van der Waals surface area contributed by atoms with Crippen LogP contribution in [0.4, 0.5) is 18.9 Å². The minimum Gasteiger partial charge on any atom is -0.491 e. The van der Waals surface area contributed by atoms with Gasteiger partial charge in [-0.3, -0.25) is 4.72 Å². The smallest absolute Gasteiger partial charge is 0.416 e. The molecule has 1 fully saturated rings. The van der Waals surface area contributed by atoms with Gasteiger partial charge in [-0.2, -0.15) is 13.2 Å². The molecule has 9 heteroatoms. The molecule has 1 heterocycles. The Kier molecular flexibility index (Phi) is 5.61. The van der Waals surface area contributed by atoms with Crippen LogP contribution in [-0.4, -0.2) is 27.7 Å². The van der Waals surface area contributed by atoms with Gasteiger partial charge < -0.3 is 9.47 Å². The van der Waals surface area contributed by atoms with Gasteiger partial charge in [-0.15, -0.1) is 0 Å². The predicted molar refractivity (Wildman–Crippen MR) is 93.2 cm³/mol. The molecule has 1 aliphatic rings. The minimum atomic E-state index is -4.62. The molecule has 0 aromatic heterocycles. The minimum absolute atomic E-state index is 0.00968. The Morgan fingerprint density at radius 3 is 2.63 bits per heavy atom. The molecule has 2 aromatic rings. The number of sulfonamides is 1. The summed E-state index contributed by atoms with van der Waals surface area (Å²) in [6.07, 6.45) is -2.73. The largest absolute Gasteiger partial charge is 0.491 e. The van der Waals surface area contributed by atoms with E-state index in [-0.39, 0.29) is 11.8 Å². The van der Waals surface area contributed by atoms with Gasteiger partial charge in [0.05, 0.1) is 22.3 Å². The van der Waals surface area contributed by atoms with Crippen molar-refractivity contribution >= 4 is 15.7 Å². The molecule has 27 heavy (non-hydrogen) atoms. The lowest BCUT2D eigenvalue weighted by atomic mass is 10.2. The maximum atomic E-state index is 12.8. The molecule has 0 amide bonds. The molecule has 1 atom stereocenters. The summed E-state index contributed by atoms with van der Waals surface area (Å²) in [7, 11) is -4.17. The summed E-state index contributed by atoms with van der Waals surface area (Å²) in [6.45, 7) is 1.05. The third-order valence-corrected chi connectivity index (χ3v) is 5.40. The van der Waals surface area contributed by atoms with Crippen LogP contribution in [0.5, 0.6) is 5.75 Å². The normalized spacial score (nSPS) is 17.7. The van der Waals surface area contributed by atoms with Crippen LogP contribution in [0.25, 0.3) is 0 Å². The molecular weight excluding hydrogens is 383 g/mol. The summed E-state index contributed by atoms with van der Waals surface area (Å²) in [6, 6.07) is 9.79. The third-order valence-electron chi connectivity index (χ3n) is 4.02. The molecular formula is C18H18F3NO4S. The first-order chi connectivity index (χ1) is 12.7. The molecule has 0 saturated carbocycles. The number of anilines is 1. The standard InChI is InChI=1S/C18H18F3NO4S/c19-18(20,21)13-4-1-8-17(10-13)27(23,24)22-14-5-2-6-15(11-14)26-12-16-7-3-9-25-16/h1-2,4-6,8,10-11,16,22H,3,7,9,12H2/t16-/m1/s1. The van der Waals surface area contributed by atoms with E-state index in [2.05, 4.69) is 4.72 Å². The second-order valence-corrected chi connectivity index (χ2v) is 7.79. The number of hydrogen-bond acceptors (Lipinski definition) is 4. The van der Waals surface area contributed by atoms with E-state index in [0.717, 1.165) is 31.0 Å². The molecule has 1 aliphatic heterocycles. The fourth-order valence-corrected chi connectivity index (χ4v) is 3.76. The quantitative estimate of drug-likeness (QED) is 0.793. The van der Waals surface area contributed by atoms with E-state index >= 15 is 0 Å². The van der Waals surface area contributed by atoms with E-state index < -0.39 is 26.7 Å². The number of alkyl halides is 3. The SMILES string of the molecule is O=S(=O)(Nc1cccc(OC[C@H]2CCCO2)c1)c1cccc(C(F)(F)F)c1. The maximum Gasteiger partial charge on any atom is 0.416 e. The number of nitrogens with one attached hydrogen (secondary N) is 1. The molecule has 0 bridgehead atoms. The van der Waals surface area contributed by atoms with E-state index in [1.165, 1.54) is 12.1 Å². The number of rotatable bonds is 6. The second kappa shape index (κ2) is 7.77. The van der Waals surface area contributed by atoms with Gasteiger partial charge in [0.15, 0.2) is 0 Å². The Hall–Kier alpha value is -2.26. The van der Waals surface area contributed by atoms with Gasteiger partial charge in [0.1, 0.15) is 12.4 Å². The Bertz CT molecular complexity index is 893. The Morgan fingerprint density at radius 2 is 1.93 bits per heavy atom. The summed E-state index contributed by atoms with van der Waals surface area (Å²) in [5.74, 6) is 0.440. The van der Waals surface area contributed by atoms with E-state index in [1.54, 1.807) is 12.1 Å². The molecule has 1 N–H and O–H groups in total. The van der Waals surface area contributed by atoms with Gasteiger partial charge in [0, 0.05) is 12.7 Å². The van der Waals surface area contributed by atoms with Crippen molar-refractivity contribution in [2.45, 2.75) is 30.0 Å². The van der Waals surface area contributed by atoms with Gasteiger partial charge in [-0.05, 0) is 43.2 Å². The summed E-state index contributed by atoms with van der Waals surface area (Å²) >= 11 is 0. The van der Waals surface area contributed by atoms with E-state index in [4.69, 9.17) is 9.47 Å². The van der Waals surface area contributed by atoms with Crippen molar-refractivity contribution in [1.29, 1.82) is 0 Å². The van der Waals surface area contributed by atoms with Crippen LogP contribution in [0.15, 0.2) is 53.4 Å². The van der Waals surface area contributed by atoms with Gasteiger partial charge in [0.25, 0.3) is 10.0 Å². The fraction of sp³-hybridized carbons (Fsp3) is 0.333. The molecule has 146 valence electrons. The Balaban J connectivity index is 1.73. The first kappa shape index (κ1) is 19.5. The van der Waals surface area contributed by atoms with Crippen LogP contribution in [-0.2, 0) is 20.9 Å². The Labute approximate surface area is 155 Å². The molecule has 0 aliphatic carbocycles. The van der Waals surface area contributed by atoms with Crippen LogP contribution in [0, 0.1) is 0 Å². The summed E-state index contributed by atoms with van der Waals surface area (Å²) < 4.78 is 76.6. The number of benzene rings is 2. The van der Waals surface area contributed by atoms with Gasteiger partial charge in [0.2, 0.25) is 0 Å². The van der Waals surface area contributed by atoms with Crippen LogP contribution >= 0.6 is 0 Å². The third kappa shape index (κ3) is 5.14. The highest BCUT2D eigenvalue weighted by atomic mass is 32.2. The van der Waals surface area contributed by atoms with E-state index in [0.29, 0.717) is 25.0 Å². The molecule has 1 saturated heterocycles. The van der Waals surface area contributed by atoms with Gasteiger partial charge in [-0.1, -0.05) is 12.1 Å². The highest BCUT2D eigenvalue weighted by molar-refractivity contribution is 7.92. The number of halogens is 3. The van der Waals surface area contributed by atoms with Crippen molar-refractivity contribution in [2.75, 3.05) is 17.9 Å². The highest BCUT2D eigenvalue weighted by Gasteiger charge is 2.31. The zero-order valence-corrected chi connectivity index (χ0v) is 15.0. The average molecular weight is 401 g/mol. The van der Waals surface area contributed by atoms with E-state index in [9.17, 15) is 21.6 Å². The van der Waals surface area contributed by atoms with Crippen molar-refractivity contribution in [3.63, 3.8) is 0 Å². The van der Waals surface area contributed by atoms with Crippen molar-refractivity contribution in [2.24, 2.45) is 0 Å². The predicted octanol–water partition coefficient (Wildman–Crippen LogP) is 4.06. The van der Waals surface area contributed by atoms with Crippen LogP contribution in [0.3, 0.4) is 0 Å². The van der Waals surface area contributed by atoms with Crippen molar-refractivity contribution in [1.82, 2.24) is 0 Å². The van der Waals surface area contributed by atoms with E-state index in [1.807, 2.05) is 0 Å². The zero-order valence-electron chi connectivity index (χ0n) is 14.2. The molecule has 2 aromatic carbocycles. The summed E-state index contributed by atoms with van der Waals surface area (Å²) in [5, 5.41) is 0. The van der Waals surface area contributed by atoms with Crippen molar-refractivity contribution < 1.29 is 31.1 Å². The molecule has 3 rings (SSSR count). The zero-order chi connectivity index (χ0) is 19.5. The lowest BCUT2D eigenvalue weighted by Crippen LogP contribution is -2.17. The molecule has 0 unspecified atom stereocenters. The molecule has 0 spiro atoms. The monoisotopic (exact) mass is 401 g/mol. The molecule has 0 radical (unpaired) electrons. The fourth-order valence-electron chi connectivity index (χ4n) is 2.67. The van der Waals surface area contributed by atoms with Crippen LogP contribution < -0.4 is 9.46 Å². The maximum absolute atomic E-state index is 12.8. The first-order valence-corrected chi connectivity index (χ1v) is 9.77. The topological polar surface area (TPSA) is 64.6 Å². The lowest BCUT2D eigenvalue weighted by Gasteiger charge is -2.14. The Morgan fingerprint density at radius 1 is 1.15 bits per heavy atom. The van der Waals surface area contributed by atoms with Crippen LogP contribution in [0.2, 0.25) is 0 Å². The van der Waals surface area contributed by atoms with Crippen molar-refractivity contribution in [3.05, 3.63) is 54.1 Å². The second-order valence-electron chi connectivity index (χ2n) is 6.10. The average Bonchev–Trinajstić information content (AvgIpc) is 3.13. The summed E-state index contributed by atoms with van der Waals surface area (Å²) in [5.41, 5.74) is -0.837. The molecule has 5 nitrogen and oxygen atoms in total. The van der Waals surface area contributed by atoms with Gasteiger partial charge >= 0.3 is 6.18 Å². The highest BCUT2D eigenvalue weighted by Crippen LogP contribution is 2.31. The number of hydrogen-bond donors (Lipinski definition) is 1. The number of ether oxygens (including phenoxy) is 2. The van der Waals surface area contributed by atoms with Crippen LogP contribution in [0.1, 0.15) is 18.4 Å².